The summed E-state index contributed by atoms with van der Waals surface area (Å²) in [5.41, 5.74) is 0. The van der Waals surface area contributed by atoms with Crippen molar-refractivity contribution in [3.63, 3.8) is 0 Å². The Balaban J connectivity index is 1.30. The van der Waals surface area contributed by atoms with Gasteiger partial charge in [0.05, 0.1) is 0 Å². The number of aromatic nitrogens is 2. The number of hydrogen-bond donors (Lipinski definition) is 1. The number of ether oxygens (including phenoxy) is 1. The summed E-state index contributed by atoms with van der Waals surface area (Å²) < 4.78 is 5.42. The average Bonchev–Trinajstić information content (AvgIpc) is 3.06. The first-order valence-corrected chi connectivity index (χ1v) is 8.25. The molecule has 3 heterocycles. The Labute approximate surface area is 127 Å². The van der Waals surface area contributed by atoms with E-state index in [1.165, 1.54) is 32.1 Å². The van der Waals surface area contributed by atoms with E-state index in [1.54, 1.807) is 0 Å². The highest BCUT2D eigenvalue weighted by molar-refractivity contribution is 5.29. The molecule has 2 saturated heterocycles. The summed E-state index contributed by atoms with van der Waals surface area (Å²) in [6.45, 7) is 5.20. The van der Waals surface area contributed by atoms with Gasteiger partial charge in [-0.2, -0.15) is 0 Å². The molecule has 0 spiro atoms. The second-order valence-corrected chi connectivity index (χ2v) is 6.14. The van der Waals surface area contributed by atoms with Gasteiger partial charge in [0.15, 0.2) is 0 Å². The van der Waals surface area contributed by atoms with Crippen LogP contribution in [0.2, 0.25) is 0 Å². The molecule has 0 radical (unpaired) electrons. The lowest BCUT2D eigenvalue weighted by molar-refractivity contribution is 0.183. The van der Waals surface area contributed by atoms with Gasteiger partial charge in [-0.05, 0) is 50.6 Å². The Morgan fingerprint density at radius 2 is 2.00 bits per heavy atom. The van der Waals surface area contributed by atoms with Crippen LogP contribution in [0.4, 0.5) is 5.95 Å². The average molecular weight is 290 g/mol. The highest BCUT2D eigenvalue weighted by Gasteiger charge is 2.20. The predicted molar refractivity (Wildman–Crippen MR) is 83.4 cm³/mol. The van der Waals surface area contributed by atoms with E-state index in [0.717, 1.165) is 44.7 Å². The molecule has 5 heteroatoms. The van der Waals surface area contributed by atoms with E-state index in [9.17, 15) is 0 Å². The Morgan fingerprint density at radius 3 is 2.71 bits per heavy atom. The van der Waals surface area contributed by atoms with Gasteiger partial charge in [0.25, 0.3) is 0 Å². The number of anilines is 1. The molecule has 21 heavy (non-hydrogen) atoms. The lowest BCUT2D eigenvalue weighted by Gasteiger charge is -2.32. The van der Waals surface area contributed by atoms with E-state index in [2.05, 4.69) is 20.2 Å². The Hall–Kier alpha value is -1.20. The second kappa shape index (κ2) is 7.71. The van der Waals surface area contributed by atoms with Gasteiger partial charge in [-0.25, -0.2) is 9.97 Å². The van der Waals surface area contributed by atoms with Gasteiger partial charge in [0.1, 0.15) is 0 Å². The maximum Gasteiger partial charge on any atom is 0.225 e. The van der Waals surface area contributed by atoms with E-state index >= 15 is 0 Å². The molecule has 2 aliphatic rings. The third kappa shape index (κ3) is 4.38. The number of nitrogens with one attached hydrogen (secondary N) is 1. The Morgan fingerprint density at radius 1 is 1.19 bits per heavy atom. The molecule has 2 aliphatic heterocycles. The largest absolute Gasteiger partial charge is 0.381 e. The zero-order chi connectivity index (χ0) is 14.3. The molecule has 0 bridgehead atoms. The highest BCUT2D eigenvalue weighted by Crippen LogP contribution is 2.18. The van der Waals surface area contributed by atoms with Crippen LogP contribution < -0.4 is 10.2 Å². The molecule has 0 aliphatic carbocycles. The van der Waals surface area contributed by atoms with Crippen LogP contribution in [0.15, 0.2) is 18.5 Å². The zero-order valence-corrected chi connectivity index (χ0v) is 12.7. The number of hydrogen-bond acceptors (Lipinski definition) is 5. The summed E-state index contributed by atoms with van der Waals surface area (Å²) in [5.74, 6) is 1.68. The van der Waals surface area contributed by atoms with Gasteiger partial charge in [-0.1, -0.05) is 0 Å². The minimum Gasteiger partial charge on any atom is -0.381 e. The normalized spacial score (nSPS) is 23.6. The fourth-order valence-corrected chi connectivity index (χ4v) is 3.25. The number of piperidine rings is 1. The van der Waals surface area contributed by atoms with Crippen molar-refractivity contribution in [3.8, 4) is 0 Å². The van der Waals surface area contributed by atoms with Crippen LogP contribution in [0, 0.1) is 5.92 Å². The zero-order valence-electron chi connectivity index (χ0n) is 12.7. The molecule has 2 fully saturated rings. The highest BCUT2D eigenvalue weighted by atomic mass is 16.5. The second-order valence-electron chi connectivity index (χ2n) is 6.14. The quantitative estimate of drug-likeness (QED) is 0.810. The third-order valence-corrected chi connectivity index (χ3v) is 4.58. The van der Waals surface area contributed by atoms with E-state index in [1.807, 2.05) is 18.5 Å². The first-order chi connectivity index (χ1) is 10.4. The summed E-state index contributed by atoms with van der Waals surface area (Å²) in [6, 6.07) is 2.53. The van der Waals surface area contributed by atoms with Crippen LogP contribution in [0.3, 0.4) is 0 Å². The number of nitrogens with zero attached hydrogens (tertiary/aromatic N) is 3. The molecule has 3 rings (SSSR count). The van der Waals surface area contributed by atoms with Crippen molar-refractivity contribution in [1.29, 1.82) is 0 Å². The maximum atomic E-state index is 5.42. The fraction of sp³-hybridized carbons (Fsp3) is 0.750. The standard InChI is InChI=1S/C16H26N4O/c1(3-14-6-12-21-13-14)7-17-15-4-10-20(11-5-15)16-18-8-2-9-19-16/h2,8-9,14-15,17H,1,3-7,10-13H2. The van der Waals surface area contributed by atoms with Crippen molar-refractivity contribution in [1.82, 2.24) is 15.3 Å². The monoisotopic (exact) mass is 290 g/mol. The molecule has 0 saturated carbocycles. The summed E-state index contributed by atoms with van der Waals surface area (Å²) >= 11 is 0. The SMILES string of the molecule is c1cnc(N2CCC(NCCCC3CCOC3)CC2)nc1. The van der Waals surface area contributed by atoms with E-state index < -0.39 is 0 Å². The summed E-state index contributed by atoms with van der Waals surface area (Å²) in [4.78, 5) is 10.9. The molecule has 116 valence electrons. The lowest BCUT2D eigenvalue weighted by Crippen LogP contribution is -2.43. The molecule has 0 aromatic carbocycles. The Kier molecular flexibility index (Phi) is 5.40. The van der Waals surface area contributed by atoms with Crippen molar-refractivity contribution < 1.29 is 4.74 Å². The van der Waals surface area contributed by atoms with Crippen LogP contribution >= 0.6 is 0 Å². The topological polar surface area (TPSA) is 50.3 Å². The van der Waals surface area contributed by atoms with E-state index in [0.29, 0.717) is 6.04 Å². The molecule has 5 nitrogen and oxygen atoms in total. The van der Waals surface area contributed by atoms with Crippen molar-refractivity contribution in [2.45, 2.75) is 38.1 Å². The van der Waals surface area contributed by atoms with Crippen LogP contribution in [0.5, 0.6) is 0 Å². The van der Waals surface area contributed by atoms with Crippen LogP contribution in [0.25, 0.3) is 0 Å². The van der Waals surface area contributed by atoms with Gasteiger partial charge in [-0.3, -0.25) is 0 Å². The van der Waals surface area contributed by atoms with Gasteiger partial charge in [0, 0.05) is 44.7 Å². The van der Waals surface area contributed by atoms with Crippen molar-refractivity contribution in [3.05, 3.63) is 18.5 Å². The third-order valence-electron chi connectivity index (χ3n) is 4.58. The minimum absolute atomic E-state index is 0.657. The molecule has 1 N–H and O–H groups in total. The van der Waals surface area contributed by atoms with Crippen molar-refractivity contribution in [2.24, 2.45) is 5.92 Å². The molecular weight excluding hydrogens is 264 g/mol. The summed E-state index contributed by atoms with van der Waals surface area (Å²) in [7, 11) is 0. The first kappa shape index (κ1) is 14.7. The maximum absolute atomic E-state index is 5.42. The predicted octanol–water partition coefficient (Wildman–Crippen LogP) is 1.85. The van der Waals surface area contributed by atoms with E-state index in [4.69, 9.17) is 4.74 Å². The van der Waals surface area contributed by atoms with Crippen LogP contribution in [0.1, 0.15) is 32.1 Å². The van der Waals surface area contributed by atoms with Crippen molar-refractivity contribution in [2.75, 3.05) is 37.7 Å². The molecule has 1 unspecified atom stereocenters. The minimum atomic E-state index is 0.657. The van der Waals surface area contributed by atoms with Gasteiger partial charge in [-0.15, -0.1) is 0 Å². The lowest BCUT2D eigenvalue weighted by atomic mass is 10.0. The molecule has 1 aromatic heterocycles. The molecule has 1 aromatic rings. The summed E-state index contributed by atoms with van der Waals surface area (Å²) in [6.07, 6.45) is 9.85. The molecular formula is C16H26N4O. The van der Waals surface area contributed by atoms with Crippen LogP contribution in [-0.4, -0.2) is 48.9 Å². The van der Waals surface area contributed by atoms with Gasteiger partial charge < -0.3 is 15.0 Å². The first-order valence-electron chi connectivity index (χ1n) is 8.25. The molecule has 1 atom stereocenters. The molecule has 0 amide bonds. The fourth-order valence-electron chi connectivity index (χ4n) is 3.25. The summed E-state index contributed by atoms with van der Waals surface area (Å²) in [5, 5.41) is 3.71. The number of rotatable bonds is 6. The van der Waals surface area contributed by atoms with Gasteiger partial charge in [0.2, 0.25) is 5.95 Å². The van der Waals surface area contributed by atoms with Crippen molar-refractivity contribution >= 4 is 5.95 Å². The Bertz CT molecular complexity index is 400. The smallest absolute Gasteiger partial charge is 0.225 e. The van der Waals surface area contributed by atoms with E-state index in [-0.39, 0.29) is 0 Å². The van der Waals surface area contributed by atoms with Crippen LogP contribution in [-0.2, 0) is 4.74 Å². The van der Waals surface area contributed by atoms with Gasteiger partial charge >= 0.3 is 0 Å².